The van der Waals surface area contributed by atoms with Gasteiger partial charge in [0.05, 0.1) is 0 Å². The van der Waals surface area contributed by atoms with E-state index in [0.717, 1.165) is 37.7 Å². The van der Waals surface area contributed by atoms with Gasteiger partial charge in [-0.1, -0.05) is 71.3 Å². The highest BCUT2D eigenvalue weighted by Gasteiger charge is 2.08. The first-order chi connectivity index (χ1) is 11.7. The van der Waals surface area contributed by atoms with Crippen LogP contribution in [0.15, 0.2) is 36.0 Å². The number of hydrogen-bond acceptors (Lipinski definition) is 1. The zero-order valence-electron chi connectivity index (χ0n) is 16.7. The van der Waals surface area contributed by atoms with Crippen molar-refractivity contribution in [3.05, 3.63) is 36.0 Å². The number of unbranched alkanes of at least 4 members (excludes halogenated alkanes) is 4. The van der Waals surface area contributed by atoms with Crippen LogP contribution in [-0.4, -0.2) is 5.78 Å². The van der Waals surface area contributed by atoms with Crippen LogP contribution in [0.1, 0.15) is 92.4 Å². The fourth-order valence-electron chi connectivity index (χ4n) is 1.70. The average Bonchev–Trinajstić information content (AvgIpc) is 3.02. The second kappa shape index (κ2) is 21.4. The molecule has 0 bridgehead atoms. The predicted molar refractivity (Wildman–Crippen MR) is 109 cm³/mol. The second-order valence-electron chi connectivity index (χ2n) is 5.66. The molecule has 1 aliphatic carbocycles. The SMILES string of the molecule is C/C=C\CCC.CCC#CCCC/C=C1\CC=CC1=O.CCCC. The Morgan fingerprint density at radius 1 is 1.04 bits per heavy atom. The Labute approximate surface area is 151 Å². The van der Waals surface area contributed by atoms with Crippen molar-refractivity contribution < 1.29 is 4.79 Å². The molecule has 0 atom stereocenters. The molecule has 136 valence electrons. The maximum absolute atomic E-state index is 11.2. The summed E-state index contributed by atoms with van der Waals surface area (Å²) in [5.41, 5.74) is 0.952. The van der Waals surface area contributed by atoms with E-state index in [9.17, 15) is 4.79 Å². The summed E-state index contributed by atoms with van der Waals surface area (Å²) in [5, 5.41) is 0. The van der Waals surface area contributed by atoms with Crippen molar-refractivity contribution in [2.24, 2.45) is 0 Å². The predicted octanol–water partition coefficient (Wildman–Crippen LogP) is 7.19. The molecule has 0 saturated heterocycles. The zero-order valence-corrected chi connectivity index (χ0v) is 16.7. The molecule has 0 aromatic carbocycles. The van der Waals surface area contributed by atoms with Gasteiger partial charge < -0.3 is 0 Å². The average molecular weight is 331 g/mol. The molecule has 0 aromatic rings. The number of hydrogen-bond donors (Lipinski definition) is 0. The van der Waals surface area contributed by atoms with E-state index in [0.29, 0.717) is 0 Å². The molecule has 0 spiro atoms. The topological polar surface area (TPSA) is 17.1 Å². The minimum atomic E-state index is 0.185. The summed E-state index contributed by atoms with van der Waals surface area (Å²) in [6, 6.07) is 0. The fraction of sp³-hybridized carbons (Fsp3) is 0.609. The first-order valence-corrected chi connectivity index (χ1v) is 9.64. The molecule has 0 unspecified atom stereocenters. The van der Waals surface area contributed by atoms with Crippen LogP contribution >= 0.6 is 0 Å². The van der Waals surface area contributed by atoms with Crippen molar-refractivity contribution in [2.75, 3.05) is 0 Å². The number of carbonyl (C=O) groups excluding carboxylic acids is 1. The molecule has 1 rings (SSSR count). The van der Waals surface area contributed by atoms with Gasteiger partial charge in [0, 0.05) is 12.8 Å². The Morgan fingerprint density at radius 2 is 1.75 bits per heavy atom. The van der Waals surface area contributed by atoms with Crippen molar-refractivity contribution in [1.82, 2.24) is 0 Å². The van der Waals surface area contributed by atoms with E-state index in [2.05, 4.69) is 64.7 Å². The summed E-state index contributed by atoms with van der Waals surface area (Å²) in [6.45, 7) is 10.6. The maximum atomic E-state index is 11.2. The van der Waals surface area contributed by atoms with Gasteiger partial charge >= 0.3 is 0 Å². The molecule has 0 amide bonds. The molecule has 0 aliphatic heterocycles. The minimum Gasteiger partial charge on any atom is -0.290 e. The van der Waals surface area contributed by atoms with Gasteiger partial charge in [-0.25, -0.2) is 0 Å². The van der Waals surface area contributed by atoms with Gasteiger partial charge in [-0.3, -0.25) is 4.79 Å². The van der Waals surface area contributed by atoms with Crippen molar-refractivity contribution >= 4 is 5.78 Å². The molecular weight excluding hydrogens is 292 g/mol. The molecule has 0 aromatic heterocycles. The van der Waals surface area contributed by atoms with Gasteiger partial charge in [0.2, 0.25) is 0 Å². The Morgan fingerprint density at radius 3 is 2.17 bits per heavy atom. The number of carbonyl (C=O) groups is 1. The molecule has 1 nitrogen and oxygen atoms in total. The zero-order chi connectivity index (χ0) is 18.5. The van der Waals surface area contributed by atoms with E-state index in [1.165, 1.54) is 25.7 Å². The van der Waals surface area contributed by atoms with Gasteiger partial charge in [-0.05, 0) is 44.3 Å². The summed E-state index contributed by atoms with van der Waals surface area (Å²) in [6.07, 6.45) is 19.8. The van der Waals surface area contributed by atoms with Crippen LogP contribution in [-0.2, 0) is 4.79 Å². The van der Waals surface area contributed by atoms with Crippen molar-refractivity contribution in [2.45, 2.75) is 92.4 Å². The normalized spacial score (nSPS) is 13.9. The summed E-state index contributed by atoms with van der Waals surface area (Å²) < 4.78 is 0. The molecule has 0 fully saturated rings. The standard InChI is InChI=1S/C13H16O.C6H12.C4H10/c1-2-3-4-5-6-7-9-12-10-8-11-13(12)14;1-3-5-6-4-2;1-3-4-2/h8-9,11H,2,5-7,10H2,1H3;3,5H,4,6H2,1-2H3;3-4H2,1-2H3/b12-9+;5-3-;. The molecular formula is C23H38O. The molecule has 0 saturated carbocycles. The number of allylic oxidation sites excluding steroid dienone is 6. The van der Waals surface area contributed by atoms with Gasteiger partial charge in [-0.2, -0.15) is 0 Å². The van der Waals surface area contributed by atoms with E-state index in [-0.39, 0.29) is 5.78 Å². The minimum absolute atomic E-state index is 0.185. The van der Waals surface area contributed by atoms with Gasteiger partial charge in [0.1, 0.15) is 0 Å². The lowest BCUT2D eigenvalue weighted by Crippen LogP contribution is -1.90. The van der Waals surface area contributed by atoms with Crippen LogP contribution in [0.5, 0.6) is 0 Å². The summed E-state index contributed by atoms with van der Waals surface area (Å²) in [4.78, 5) is 11.2. The quantitative estimate of drug-likeness (QED) is 0.218. The molecule has 0 N–H and O–H groups in total. The monoisotopic (exact) mass is 330 g/mol. The summed E-state index contributed by atoms with van der Waals surface area (Å²) in [7, 11) is 0. The van der Waals surface area contributed by atoms with Gasteiger partial charge in [0.15, 0.2) is 5.78 Å². The summed E-state index contributed by atoms with van der Waals surface area (Å²) >= 11 is 0. The third kappa shape index (κ3) is 18.5. The Balaban J connectivity index is 0. The van der Waals surface area contributed by atoms with Crippen molar-refractivity contribution in [3.63, 3.8) is 0 Å². The van der Waals surface area contributed by atoms with Crippen LogP contribution in [0.25, 0.3) is 0 Å². The third-order valence-corrected chi connectivity index (χ3v) is 3.31. The molecule has 24 heavy (non-hydrogen) atoms. The second-order valence-corrected chi connectivity index (χ2v) is 5.66. The molecule has 1 heteroatoms. The lowest BCUT2D eigenvalue weighted by atomic mass is 10.1. The van der Waals surface area contributed by atoms with Gasteiger partial charge in [-0.15, -0.1) is 11.8 Å². The highest BCUT2D eigenvalue weighted by atomic mass is 16.1. The third-order valence-electron chi connectivity index (χ3n) is 3.31. The smallest absolute Gasteiger partial charge is 0.181 e. The number of ketones is 1. The molecule has 0 heterocycles. The summed E-state index contributed by atoms with van der Waals surface area (Å²) in [5.74, 6) is 6.31. The van der Waals surface area contributed by atoms with Crippen molar-refractivity contribution in [1.29, 1.82) is 0 Å². The Bertz CT molecular complexity index is 425. The van der Waals surface area contributed by atoms with Crippen LogP contribution in [0.3, 0.4) is 0 Å². The molecule has 0 radical (unpaired) electrons. The maximum Gasteiger partial charge on any atom is 0.181 e. The Hall–Kier alpha value is -1.55. The number of rotatable bonds is 6. The lowest BCUT2D eigenvalue weighted by Gasteiger charge is -1.93. The van der Waals surface area contributed by atoms with Crippen LogP contribution in [0.4, 0.5) is 0 Å². The highest BCUT2D eigenvalue weighted by Crippen LogP contribution is 2.14. The first-order valence-electron chi connectivity index (χ1n) is 9.64. The highest BCUT2D eigenvalue weighted by molar-refractivity contribution is 6.06. The van der Waals surface area contributed by atoms with Crippen LogP contribution in [0.2, 0.25) is 0 Å². The Kier molecular flexibility index (Phi) is 22.1. The largest absolute Gasteiger partial charge is 0.290 e. The fourth-order valence-corrected chi connectivity index (χ4v) is 1.70. The van der Waals surface area contributed by atoms with E-state index in [1.807, 2.05) is 6.08 Å². The molecule has 1 aliphatic rings. The van der Waals surface area contributed by atoms with E-state index in [4.69, 9.17) is 0 Å². The van der Waals surface area contributed by atoms with E-state index < -0.39 is 0 Å². The van der Waals surface area contributed by atoms with E-state index in [1.54, 1.807) is 6.08 Å². The van der Waals surface area contributed by atoms with Crippen LogP contribution < -0.4 is 0 Å². The lowest BCUT2D eigenvalue weighted by molar-refractivity contribution is -0.111. The van der Waals surface area contributed by atoms with Crippen molar-refractivity contribution in [3.8, 4) is 11.8 Å². The van der Waals surface area contributed by atoms with Crippen LogP contribution in [0, 0.1) is 11.8 Å². The van der Waals surface area contributed by atoms with Gasteiger partial charge in [0.25, 0.3) is 0 Å². The van der Waals surface area contributed by atoms with E-state index >= 15 is 0 Å². The first kappa shape index (κ1) is 24.7.